The summed E-state index contributed by atoms with van der Waals surface area (Å²) in [4.78, 5) is 25.9. The van der Waals surface area contributed by atoms with Crippen molar-refractivity contribution in [2.45, 2.75) is 44.3 Å². The van der Waals surface area contributed by atoms with Crippen molar-refractivity contribution in [3.8, 4) is 5.75 Å². The highest BCUT2D eigenvalue weighted by Crippen LogP contribution is 2.29. The maximum absolute atomic E-state index is 12.6. The maximum Gasteiger partial charge on any atom is 0.224 e. The standard InChI is InChI=1S/C23H25ClN2O4/c24-18-4-2-1-3-15(18)7-10-23(29)26-12-11-21(20(27)14-26)30-17-8-5-16-6-9-22(28)25-19(16)13-17/h1-5,8,13,20-21,27H,6-7,9-12,14H2,(H,25,28)/t20-,21-/m1/s1. The zero-order chi connectivity index (χ0) is 21.1. The molecule has 7 heteroatoms. The third-order valence-electron chi connectivity index (χ3n) is 5.70. The molecule has 0 radical (unpaired) electrons. The zero-order valence-corrected chi connectivity index (χ0v) is 17.4. The molecule has 0 bridgehead atoms. The van der Waals surface area contributed by atoms with Crippen LogP contribution in [0.15, 0.2) is 42.5 Å². The van der Waals surface area contributed by atoms with Crippen molar-refractivity contribution in [2.24, 2.45) is 0 Å². The topological polar surface area (TPSA) is 78.9 Å². The summed E-state index contributed by atoms with van der Waals surface area (Å²) in [5, 5.41) is 14.1. The van der Waals surface area contributed by atoms with E-state index >= 15 is 0 Å². The molecule has 2 amide bonds. The first-order chi connectivity index (χ1) is 14.5. The fourth-order valence-corrected chi connectivity index (χ4v) is 4.20. The van der Waals surface area contributed by atoms with E-state index in [0.29, 0.717) is 43.0 Å². The van der Waals surface area contributed by atoms with Crippen LogP contribution < -0.4 is 10.1 Å². The van der Waals surface area contributed by atoms with E-state index in [2.05, 4.69) is 5.32 Å². The molecule has 2 heterocycles. The lowest BCUT2D eigenvalue weighted by Crippen LogP contribution is -2.51. The Hall–Kier alpha value is -2.57. The monoisotopic (exact) mass is 428 g/mol. The zero-order valence-electron chi connectivity index (χ0n) is 16.6. The number of nitrogens with zero attached hydrogens (tertiary/aromatic N) is 1. The van der Waals surface area contributed by atoms with Crippen LogP contribution in [-0.4, -0.2) is 47.1 Å². The van der Waals surface area contributed by atoms with Crippen LogP contribution in [0.1, 0.15) is 30.4 Å². The first-order valence-electron chi connectivity index (χ1n) is 10.3. The minimum absolute atomic E-state index is 0.00305. The summed E-state index contributed by atoms with van der Waals surface area (Å²) in [6, 6.07) is 13.1. The minimum Gasteiger partial charge on any atom is -0.488 e. The van der Waals surface area contributed by atoms with Crippen molar-refractivity contribution in [1.82, 2.24) is 4.90 Å². The van der Waals surface area contributed by atoms with E-state index in [9.17, 15) is 14.7 Å². The third-order valence-corrected chi connectivity index (χ3v) is 6.07. The van der Waals surface area contributed by atoms with Crippen molar-refractivity contribution in [3.63, 3.8) is 0 Å². The lowest BCUT2D eigenvalue weighted by atomic mass is 10.0. The van der Waals surface area contributed by atoms with Gasteiger partial charge in [-0.15, -0.1) is 0 Å². The van der Waals surface area contributed by atoms with Gasteiger partial charge in [0.25, 0.3) is 0 Å². The summed E-state index contributed by atoms with van der Waals surface area (Å²) in [5.41, 5.74) is 2.80. The Labute approximate surface area is 180 Å². The number of piperidine rings is 1. The van der Waals surface area contributed by atoms with E-state index in [0.717, 1.165) is 23.2 Å². The first-order valence-corrected chi connectivity index (χ1v) is 10.7. The van der Waals surface area contributed by atoms with Crippen molar-refractivity contribution >= 4 is 29.1 Å². The highest BCUT2D eigenvalue weighted by atomic mass is 35.5. The van der Waals surface area contributed by atoms with Crippen LogP contribution in [0, 0.1) is 0 Å². The summed E-state index contributed by atoms with van der Waals surface area (Å²) < 4.78 is 5.99. The first kappa shape index (κ1) is 20.7. The van der Waals surface area contributed by atoms with Gasteiger partial charge in [0.15, 0.2) is 0 Å². The second kappa shape index (κ2) is 9.06. The molecule has 2 atom stereocenters. The molecule has 1 saturated heterocycles. The molecule has 1 fully saturated rings. The van der Waals surface area contributed by atoms with Crippen molar-refractivity contribution in [1.29, 1.82) is 0 Å². The van der Waals surface area contributed by atoms with Gasteiger partial charge in [0.1, 0.15) is 18.0 Å². The van der Waals surface area contributed by atoms with E-state index in [1.165, 1.54) is 0 Å². The summed E-state index contributed by atoms with van der Waals surface area (Å²) in [6.07, 6.45) is 1.53. The number of carbonyl (C=O) groups excluding carboxylic acids is 2. The van der Waals surface area contributed by atoms with Gasteiger partial charge in [-0.1, -0.05) is 35.9 Å². The number of aliphatic hydroxyl groups excluding tert-OH is 1. The van der Waals surface area contributed by atoms with Gasteiger partial charge in [-0.05, 0) is 36.1 Å². The van der Waals surface area contributed by atoms with Crippen LogP contribution in [0.2, 0.25) is 5.02 Å². The molecule has 0 aliphatic carbocycles. The molecule has 158 valence electrons. The van der Waals surface area contributed by atoms with Crippen molar-refractivity contribution in [2.75, 3.05) is 18.4 Å². The number of β-amino-alcohol motifs (C(OH)–C–C–N with tert-alkyl or cyclic N) is 1. The number of fused-ring (bicyclic) bond motifs is 1. The van der Waals surface area contributed by atoms with Crippen LogP contribution in [0.3, 0.4) is 0 Å². The van der Waals surface area contributed by atoms with Crippen LogP contribution in [0.5, 0.6) is 5.75 Å². The van der Waals surface area contributed by atoms with Crippen LogP contribution in [0.25, 0.3) is 0 Å². The number of hydrogen-bond donors (Lipinski definition) is 2. The fourth-order valence-electron chi connectivity index (χ4n) is 3.97. The quantitative estimate of drug-likeness (QED) is 0.766. The maximum atomic E-state index is 12.6. The predicted octanol–water partition coefficient (Wildman–Crippen LogP) is 3.20. The number of ether oxygens (including phenoxy) is 1. The van der Waals surface area contributed by atoms with E-state index in [4.69, 9.17) is 16.3 Å². The highest BCUT2D eigenvalue weighted by Gasteiger charge is 2.31. The number of benzene rings is 2. The number of halogens is 1. The van der Waals surface area contributed by atoms with Gasteiger partial charge in [0.05, 0.1) is 6.54 Å². The second-order valence-corrected chi connectivity index (χ2v) is 8.22. The van der Waals surface area contributed by atoms with E-state index in [-0.39, 0.29) is 18.4 Å². The van der Waals surface area contributed by atoms with E-state index < -0.39 is 12.2 Å². The lowest BCUT2D eigenvalue weighted by Gasteiger charge is -2.36. The SMILES string of the molecule is O=C1CCc2ccc(O[C@@H]3CCN(C(=O)CCc4ccccc4Cl)C[C@H]3O)cc2N1. The van der Waals surface area contributed by atoms with Gasteiger partial charge in [0.2, 0.25) is 11.8 Å². The van der Waals surface area contributed by atoms with Crippen LogP contribution >= 0.6 is 11.6 Å². The Morgan fingerprint density at radius 3 is 2.87 bits per heavy atom. The Morgan fingerprint density at radius 1 is 1.23 bits per heavy atom. The molecule has 2 aliphatic rings. The average molecular weight is 429 g/mol. The summed E-state index contributed by atoms with van der Waals surface area (Å²) in [7, 11) is 0. The molecule has 6 nitrogen and oxygen atoms in total. The Morgan fingerprint density at radius 2 is 2.07 bits per heavy atom. The molecule has 2 aromatic carbocycles. The third kappa shape index (κ3) is 4.77. The number of aliphatic hydroxyl groups is 1. The van der Waals surface area contributed by atoms with Gasteiger partial charge < -0.3 is 20.1 Å². The number of carbonyl (C=O) groups is 2. The smallest absolute Gasteiger partial charge is 0.224 e. The number of amides is 2. The molecule has 4 rings (SSSR count). The van der Waals surface area contributed by atoms with Gasteiger partial charge in [-0.25, -0.2) is 0 Å². The molecule has 0 saturated carbocycles. The molecule has 0 spiro atoms. The Kier molecular flexibility index (Phi) is 6.25. The van der Waals surface area contributed by atoms with Crippen LogP contribution in [0.4, 0.5) is 5.69 Å². The highest BCUT2D eigenvalue weighted by molar-refractivity contribution is 6.31. The molecule has 2 aliphatic heterocycles. The van der Waals surface area contributed by atoms with E-state index in [1.807, 2.05) is 36.4 Å². The van der Waals surface area contributed by atoms with E-state index in [1.54, 1.807) is 11.0 Å². The predicted molar refractivity (Wildman–Crippen MR) is 115 cm³/mol. The summed E-state index contributed by atoms with van der Waals surface area (Å²) in [6.45, 7) is 0.776. The molecular formula is C23H25ClN2O4. The Balaban J connectivity index is 1.31. The van der Waals surface area contributed by atoms with Gasteiger partial charge in [-0.2, -0.15) is 0 Å². The normalized spacial score (nSPS) is 21.0. The molecular weight excluding hydrogens is 404 g/mol. The number of rotatable bonds is 5. The van der Waals surface area contributed by atoms with Gasteiger partial charge >= 0.3 is 0 Å². The second-order valence-electron chi connectivity index (χ2n) is 7.81. The number of aryl methyl sites for hydroxylation is 2. The largest absolute Gasteiger partial charge is 0.488 e. The molecule has 30 heavy (non-hydrogen) atoms. The van der Waals surface area contributed by atoms with Crippen molar-refractivity contribution < 1.29 is 19.4 Å². The Bertz CT molecular complexity index is 949. The van der Waals surface area contributed by atoms with Crippen LogP contribution in [-0.2, 0) is 22.4 Å². The van der Waals surface area contributed by atoms with Crippen molar-refractivity contribution in [3.05, 3.63) is 58.6 Å². The number of nitrogens with one attached hydrogen (secondary N) is 1. The lowest BCUT2D eigenvalue weighted by molar-refractivity contribution is -0.137. The molecule has 0 aromatic heterocycles. The molecule has 2 N–H and O–H groups in total. The summed E-state index contributed by atoms with van der Waals surface area (Å²) >= 11 is 6.16. The number of anilines is 1. The molecule has 0 unspecified atom stereocenters. The fraction of sp³-hybridized carbons (Fsp3) is 0.391. The number of likely N-dealkylation sites (tertiary alicyclic amines) is 1. The average Bonchev–Trinajstić information content (AvgIpc) is 2.74. The molecule has 2 aromatic rings. The number of hydrogen-bond acceptors (Lipinski definition) is 4. The minimum atomic E-state index is -0.770. The van der Waals surface area contributed by atoms with Gasteiger partial charge in [-0.3, -0.25) is 9.59 Å². The van der Waals surface area contributed by atoms with Gasteiger partial charge in [0, 0.05) is 42.6 Å². The summed E-state index contributed by atoms with van der Waals surface area (Å²) in [5.74, 6) is 0.616.